The van der Waals surface area contributed by atoms with Crippen molar-refractivity contribution >= 4 is 39.8 Å². The first kappa shape index (κ1) is 14.0. The molecule has 0 radical (unpaired) electrons. The summed E-state index contributed by atoms with van der Waals surface area (Å²) in [5.74, 6) is 0.172. The minimum atomic E-state index is -1.45. The monoisotopic (exact) mass is 304 g/mol. The summed E-state index contributed by atoms with van der Waals surface area (Å²) < 4.78 is 12.2. The number of carbonyl (C=O) groups is 1. The van der Waals surface area contributed by atoms with Crippen molar-refractivity contribution in [3.63, 3.8) is 0 Å². The van der Waals surface area contributed by atoms with Gasteiger partial charge < -0.3 is 0 Å². The van der Waals surface area contributed by atoms with E-state index in [-0.39, 0.29) is 17.5 Å². The Hall–Kier alpha value is -0.380. The summed E-state index contributed by atoms with van der Waals surface area (Å²) in [6.07, 6.45) is 4.03. The van der Waals surface area contributed by atoms with Crippen LogP contribution >= 0.6 is 23.2 Å². The highest BCUT2D eigenvalue weighted by Gasteiger charge is 2.25. The fourth-order valence-corrected chi connectivity index (χ4v) is 4.39. The molecule has 0 aliphatic heterocycles. The molecule has 0 bridgehead atoms. The zero-order valence-corrected chi connectivity index (χ0v) is 12.2. The third kappa shape index (κ3) is 3.14. The summed E-state index contributed by atoms with van der Waals surface area (Å²) >= 11 is 12.0. The Kier molecular flexibility index (Phi) is 4.82. The molecular formula is C13H14Cl2O2S. The van der Waals surface area contributed by atoms with Crippen LogP contribution in [0.1, 0.15) is 25.7 Å². The van der Waals surface area contributed by atoms with Crippen LogP contribution in [-0.4, -0.2) is 15.7 Å². The second-order valence-electron chi connectivity index (χ2n) is 4.49. The molecule has 1 unspecified atom stereocenters. The second kappa shape index (κ2) is 6.18. The Morgan fingerprint density at radius 2 is 1.78 bits per heavy atom. The number of hydrogen-bond acceptors (Lipinski definition) is 2. The zero-order valence-electron chi connectivity index (χ0n) is 9.83. The van der Waals surface area contributed by atoms with E-state index in [1.165, 1.54) is 0 Å². The summed E-state index contributed by atoms with van der Waals surface area (Å²) in [6, 6.07) is 4.98. The second-order valence-corrected chi connectivity index (χ2v) is 6.69. The highest BCUT2D eigenvalue weighted by atomic mass is 35.5. The van der Waals surface area contributed by atoms with E-state index in [2.05, 4.69) is 0 Å². The number of rotatable bonds is 4. The fourth-order valence-electron chi connectivity index (χ4n) is 2.27. The number of Topliss-reactive ketones (excluding diaryl/α,β-unsaturated/α-hetero) is 1. The zero-order chi connectivity index (χ0) is 13.1. The van der Waals surface area contributed by atoms with Crippen LogP contribution in [0.5, 0.6) is 0 Å². The SMILES string of the molecule is O=C(CS(=O)c1c(Cl)cccc1Cl)C1CCCC1. The average Bonchev–Trinajstić information content (AvgIpc) is 2.81. The first-order valence-electron chi connectivity index (χ1n) is 5.94. The van der Waals surface area contributed by atoms with E-state index in [0.717, 1.165) is 25.7 Å². The molecule has 2 nitrogen and oxygen atoms in total. The standard InChI is InChI=1S/C13H14Cl2O2S/c14-10-6-3-7-11(15)13(10)18(17)8-12(16)9-4-1-2-5-9/h3,6-7,9H,1-2,4-5,8H2. The smallest absolute Gasteiger partial charge is 0.148 e. The van der Waals surface area contributed by atoms with Crippen LogP contribution in [0.25, 0.3) is 0 Å². The first-order chi connectivity index (χ1) is 8.59. The molecule has 98 valence electrons. The summed E-state index contributed by atoms with van der Waals surface area (Å²) in [7, 11) is -1.45. The maximum absolute atomic E-state index is 12.2. The van der Waals surface area contributed by atoms with Crippen LogP contribution in [0.4, 0.5) is 0 Å². The predicted octanol–water partition coefficient (Wildman–Crippen LogP) is 3.86. The van der Waals surface area contributed by atoms with Gasteiger partial charge in [0.1, 0.15) is 5.78 Å². The highest BCUT2D eigenvalue weighted by molar-refractivity contribution is 7.86. The van der Waals surface area contributed by atoms with Gasteiger partial charge >= 0.3 is 0 Å². The molecule has 1 aromatic rings. The van der Waals surface area contributed by atoms with E-state index < -0.39 is 10.8 Å². The topological polar surface area (TPSA) is 34.1 Å². The van der Waals surface area contributed by atoms with E-state index in [4.69, 9.17) is 23.2 Å². The molecule has 0 heterocycles. The predicted molar refractivity (Wildman–Crippen MR) is 74.7 cm³/mol. The average molecular weight is 305 g/mol. The van der Waals surface area contributed by atoms with Crippen LogP contribution in [0.3, 0.4) is 0 Å². The van der Waals surface area contributed by atoms with Gasteiger partial charge in [0.15, 0.2) is 0 Å². The van der Waals surface area contributed by atoms with Crippen LogP contribution < -0.4 is 0 Å². The molecule has 0 aromatic heterocycles. The van der Waals surface area contributed by atoms with Crippen molar-refractivity contribution in [2.75, 3.05) is 5.75 Å². The molecule has 1 aliphatic carbocycles. The maximum atomic E-state index is 12.2. The van der Waals surface area contributed by atoms with Gasteiger partial charge in [0.05, 0.1) is 31.5 Å². The van der Waals surface area contributed by atoms with E-state index >= 15 is 0 Å². The van der Waals surface area contributed by atoms with Gasteiger partial charge in [-0.1, -0.05) is 42.1 Å². The van der Waals surface area contributed by atoms with Crippen molar-refractivity contribution < 1.29 is 9.00 Å². The fraction of sp³-hybridized carbons (Fsp3) is 0.462. The summed E-state index contributed by atoms with van der Waals surface area (Å²) in [5.41, 5.74) is 0. The summed E-state index contributed by atoms with van der Waals surface area (Å²) in [6.45, 7) is 0. The molecule has 2 rings (SSSR count). The molecule has 1 aliphatic rings. The molecule has 0 amide bonds. The summed E-state index contributed by atoms with van der Waals surface area (Å²) in [5, 5.41) is 0.722. The quantitative estimate of drug-likeness (QED) is 0.846. The molecule has 0 spiro atoms. The third-order valence-electron chi connectivity index (χ3n) is 3.23. The van der Waals surface area contributed by atoms with Gasteiger partial charge in [0.2, 0.25) is 0 Å². The van der Waals surface area contributed by atoms with E-state index in [9.17, 15) is 9.00 Å². The Morgan fingerprint density at radius 1 is 1.22 bits per heavy atom. The van der Waals surface area contributed by atoms with Crippen molar-refractivity contribution in [2.24, 2.45) is 5.92 Å². The molecule has 1 saturated carbocycles. The molecule has 18 heavy (non-hydrogen) atoms. The van der Waals surface area contributed by atoms with Crippen LogP contribution in [0.15, 0.2) is 23.1 Å². The van der Waals surface area contributed by atoms with Crippen molar-refractivity contribution in [1.82, 2.24) is 0 Å². The Bertz CT molecular complexity index is 462. The van der Waals surface area contributed by atoms with Gasteiger partial charge in [-0.05, 0) is 25.0 Å². The Labute approximate surface area is 119 Å². The lowest BCUT2D eigenvalue weighted by Gasteiger charge is -2.09. The molecule has 0 N–H and O–H groups in total. The minimum Gasteiger partial charge on any atom is -0.298 e. The van der Waals surface area contributed by atoms with E-state index in [1.54, 1.807) is 18.2 Å². The van der Waals surface area contributed by atoms with E-state index in [0.29, 0.717) is 14.9 Å². The maximum Gasteiger partial charge on any atom is 0.148 e. The molecule has 1 fully saturated rings. The first-order valence-corrected chi connectivity index (χ1v) is 8.02. The summed E-state index contributed by atoms with van der Waals surface area (Å²) in [4.78, 5) is 12.4. The van der Waals surface area contributed by atoms with Gasteiger partial charge in [0.25, 0.3) is 0 Å². The van der Waals surface area contributed by atoms with Crippen molar-refractivity contribution in [3.05, 3.63) is 28.2 Å². The number of hydrogen-bond donors (Lipinski definition) is 0. The number of ketones is 1. The lowest BCUT2D eigenvalue weighted by Crippen LogP contribution is -2.19. The highest BCUT2D eigenvalue weighted by Crippen LogP contribution is 2.30. The normalized spacial score (nSPS) is 17.9. The van der Waals surface area contributed by atoms with Crippen LogP contribution in [0, 0.1) is 5.92 Å². The Balaban J connectivity index is 2.10. The lowest BCUT2D eigenvalue weighted by atomic mass is 10.0. The molecule has 1 aromatic carbocycles. The Morgan fingerprint density at radius 3 is 2.33 bits per heavy atom. The number of halogens is 2. The van der Waals surface area contributed by atoms with Gasteiger partial charge in [-0.25, -0.2) is 0 Å². The largest absolute Gasteiger partial charge is 0.298 e. The third-order valence-corrected chi connectivity index (χ3v) is 5.53. The van der Waals surface area contributed by atoms with Crippen LogP contribution in [-0.2, 0) is 15.6 Å². The number of carbonyl (C=O) groups excluding carboxylic acids is 1. The van der Waals surface area contributed by atoms with Gasteiger partial charge in [-0.15, -0.1) is 0 Å². The van der Waals surface area contributed by atoms with Crippen LogP contribution in [0.2, 0.25) is 10.0 Å². The molecule has 1 atom stereocenters. The molecule has 5 heteroatoms. The van der Waals surface area contributed by atoms with Crippen molar-refractivity contribution in [3.8, 4) is 0 Å². The molecular weight excluding hydrogens is 291 g/mol. The van der Waals surface area contributed by atoms with Gasteiger partial charge in [-0.3, -0.25) is 9.00 Å². The minimum absolute atomic E-state index is 0.0219. The number of benzene rings is 1. The molecule has 0 saturated heterocycles. The van der Waals surface area contributed by atoms with Crippen molar-refractivity contribution in [2.45, 2.75) is 30.6 Å². The van der Waals surface area contributed by atoms with Gasteiger partial charge in [-0.2, -0.15) is 0 Å². The van der Waals surface area contributed by atoms with E-state index in [1.807, 2.05) is 0 Å². The van der Waals surface area contributed by atoms with Gasteiger partial charge in [0, 0.05) is 5.92 Å². The van der Waals surface area contributed by atoms with Crippen molar-refractivity contribution in [1.29, 1.82) is 0 Å². The lowest BCUT2D eigenvalue weighted by molar-refractivity contribution is -0.120.